The van der Waals surface area contributed by atoms with E-state index in [0.717, 1.165) is 18.7 Å². The number of halogens is 1. The second-order valence-corrected chi connectivity index (χ2v) is 7.00. The molecule has 0 atom stereocenters. The van der Waals surface area contributed by atoms with Gasteiger partial charge in [0.1, 0.15) is 6.61 Å². The summed E-state index contributed by atoms with van der Waals surface area (Å²) in [6.45, 7) is 7.27. The Labute approximate surface area is 176 Å². The second kappa shape index (κ2) is 10.1. The summed E-state index contributed by atoms with van der Waals surface area (Å²) >= 11 is 0. The summed E-state index contributed by atoms with van der Waals surface area (Å²) in [7, 11) is 3.00. The molecule has 0 saturated carbocycles. The third-order valence-electron chi connectivity index (χ3n) is 5.05. The number of piperazine rings is 1. The standard InChI is InChI=1S/C23H27FN2O4/c1-4-13-30-21-8-6-18(15-22(21)29-3)23(27)26-11-9-25(10-12-26)16-17-5-7-20(28-2)19(24)14-17/h4-8,14-15H,1,9-13,16H2,2-3H3. The fraction of sp³-hybridized carbons (Fsp3) is 0.348. The molecule has 0 N–H and O–H groups in total. The van der Waals surface area contributed by atoms with E-state index in [-0.39, 0.29) is 17.5 Å². The van der Waals surface area contributed by atoms with Crippen LogP contribution in [0.4, 0.5) is 4.39 Å². The van der Waals surface area contributed by atoms with Gasteiger partial charge in [-0.1, -0.05) is 18.7 Å². The molecule has 0 aromatic heterocycles. The average molecular weight is 414 g/mol. The van der Waals surface area contributed by atoms with Crippen LogP contribution in [0.1, 0.15) is 15.9 Å². The summed E-state index contributed by atoms with van der Waals surface area (Å²) < 4.78 is 29.8. The lowest BCUT2D eigenvalue weighted by molar-refractivity contribution is 0.0628. The van der Waals surface area contributed by atoms with Gasteiger partial charge < -0.3 is 19.1 Å². The first-order valence-corrected chi connectivity index (χ1v) is 9.81. The van der Waals surface area contributed by atoms with Crippen LogP contribution in [0.15, 0.2) is 49.1 Å². The van der Waals surface area contributed by atoms with Crippen LogP contribution in [0.3, 0.4) is 0 Å². The van der Waals surface area contributed by atoms with E-state index in [0.29, 0.717) is 43.3 Å². The first-order chi connectivity index (χ1) is 14.5. The number of hydrogen-bond acceptors (Lipinski definition) is 5. The van der Waals surface area contributed by atoms with Crippen LogP contribution >= 0.6 is 0 Å². The molecule has 30 heavy (non-hydrogen) atoms. The number of nitrogens with zero attached hydrogens (tertiary/aromatic N) is 2. The van der Waals surface area contributed by atoms with Crippen LogP contribution in [-0.4, -0.2) is 62.7 Å². The van der Waals surface area contributed by atoms with Gasteiger partial charge in [-0.05, 0) is 35.9 Å². The third kappa shape index (κ3) is 5.10. The number of hydrogen-bond donors (Lipinski definition) is 0. The maximum Gasteiger partial charge on any atom is 0.254 e. The molecule has 160 valence electrons. The van der Waals surface area contributed by atoms with Crippen LogP contribution < -0.4 is 14.2 Å². The first-order valence-electron chi connectivity index (χ1n) is 9.81. The largest absolute Gasteiger partial charge is 0.494 e. The second-order valence-electron chi connectivity index (χ2n) is 7.00. The van der Waals surface area contributed by atoms with Gasteiger partial charge in [-0.3, -0.25) is 9.69 Å². The number of benzene rings is 2. The number of ether oxygens (including phenoxy) is 3. The van der Waals surface area contributed by atoms with E-state index in [1.165, 1.54) is 13.2 Å². The number of methoxy groups -OCH3 is 2. The number of amides is 1. The van der Waals surface area contributed by atoms with E-state index in [9.17, 15) is 9.18 Å². The highest BCUT2D eigenvalue weighted by Gasteiger charge is 2.23. The fourth-order valence-corrected chi connectivity index (χ4v) is 3.43. The smallest absolute Gasteiger partial charge is 0.254 e. The Kier molecular flexibility index (Phi) is 7.30. The zero-order valence-electron chi connectivity index (χ0n) is 17.4. The monoisotopic (exact) mass is 414 g/mol. The van der Waals surface area contributed by atoms with E-state index < -0.39 is 0 Å². The van der Waals surface area contributed by atoms with Gasteiger partial charge in [0.25, 0.3) is 5.91 Å². The molecular formula is C23H27FN2O4. The van der Waals surface area contributed by atoms with E-state index in [1.54, 1.807) is 37.5 Å². The summed E-state index contributed by atoms with van der Waals surface area (Å²) in [5.41, 5.74) is 1.44. The summed E-state index contributed by atoms with van der Waals surface area (Å²) in [6, 6.07) is 10.2. The van der Waals surface area contributed by atoms with Crippen molar-refractivity contribution in [1.82, 2.24) is 9.80 Å². The zero-order valence-corrected chi connectivity index (χ0v) is 17.4. The van der Waals surface area contributed by atoms with Gasteiger partial charge in [-0.15, -0.1) is 0 Å². The lowest BCUT2D eigenvalue weighted by Crippen LogP contribution is -2.48. The van der Waals surface area contributed by atoms with E-state index in [2.05, 4.69) is 11.5 Å². The normalized spacial score (nSPS) is 14.3. The highest BCUT2D eigenvalue weighted by atomic mass is 19.1. The number of carbonyl (C=O) groups excluding carboxylic acids is 1. The van der Waals surface area contributed by atoms with Crippen molar-refractivity contribution in [1.29, 1.82) is 0 Å². The minimum atomic E-state index is -0.363. The molecule has 0 spiro atoms. The quantitative estimate of drug-likeness (QED) is 0.620. The highest BCUT2D eigenvalue weighted by Crippen LogP contribution is 2.29. The van der Waals surface area contributed by atoms with Gasteiger partial charge in [0.05, 0.1) is 14.2 Å². The lowest BCUT2D eigenvalue weighted by Gasteiger charge is -2.35. The van der Waals surface area contributed by atoms with Gasteiger partial charge in [0, 0.05) is 38.3 Å². The Hall–Kier alpha value is -3.06. The molecule has 1 heterocycles. The molecule has 0 unspecified atom stereocenters. The number of rotatable bonds is 8. The van der Waals surface area contributed by atoms with Crippen molar-refractivity contribution in [2.75, 3.05) is 47.0 Å². The predicted molar refractivity (Wildman–Crippen MR) is 113 cm³/mol. The van der Waals surface area contributed by atoms with Crippen molar-refractivity contribution in [3.8, 4) is 17.2 Å². The summed E-state index contributed by atoms with van der Waals surface area (Å²) in [6.07, 6.45) is 1.65. The molecule has 1 aliphatic heterocycles. The van der Waals surface area contributed by atoms with Crippen LogP contribution in [-0.2, 0) is 6.54 Å². The molecule has 0 radical (unpaired) electrons. The van der Waals surface area contributed by atoms with Gasteiger partial charge in [-0.2, -0.15) is 0 Å². The Morgan fingerprint density at radius 1 is 1.03 bits per heavy atom. The Morgan fingerprint density at radius 2 is 1.73 bits per heavy atom. The molecule has 1 aliphatic rings. The Bertz CT molecular complexity index is 895. The SMILES string of the molecule is C=CCOc1ccc(C(=O)N2CCN(Cc3ccc(OC)c(F)c3)CC2)cc1OC. The summed E-state index contributed by atoms with van der Waals surface area (Å²) in [5, 5.41) is 0. The highest BCUT2D eigenvalue weighted by molar-refractivity contribution is 5.95. The molecule has 1 saturated heterocycles. The topological polar surface area (TPSA) is 51.2 Å². The van der Waals surface area contributed by atoms with Crippen LogP contribution in [0.2, 0.25) is 0 Å². The van der Waals surface area contributed by atoms with Crippen molar-refractivity contribution in [3.63, 3.8) is 0 Å². The molecule has 2 aromatic carbocycles. The van der Waals surface area contributed by atoms with E-state index in [4.69, 9.17) is 14.2 Å². The molecule has 1 amide bonds. The maximum atomic E-state index is 13.9. The molecular weight excluding hydrogens is 387 g/mol. The zero-order chi connectivity index (χ0) is 21.5. The van der Waals surface area contributed by atoms with Crippen LogP contribution in [0, 0.1) is 5.82 Å². The predicted octanol–water partition coefficient (Wildman–Crippen LogP) is 3.37. The molecule has 0 bridgehead atoms. The van der Waals surface area contributed by atoms with Crippen molar-refractivity contribution in [3.05, 3.63) is 66.0 Å². The molecule has 6 nitrogen and oxygen atoms in total. The van der Waals surface area contributed by atoms with Crippen LogP contribution in [0.25, 0.3) is 0 Å². The maximum absolute atomic E-state index is 13.9. The Balaban J connectivity index is 1.58. The van der Waals surface area contributed by atoms with Gasteiger partial charge >= 0.3 is 0 Å². The summed E-state index contributed by atoms with van der Waals surface area (Å²) in [5.74, 6) is 0.927. The van der Waals surface area contributed by atoms with Gasteiger partial charge in [-0.25, -0.2) is 4.39 Å². The van der Waals surface area contributed by atoms with Crippen molar-refractivity contribution in [2.24, 2.45) is 0 Å². The lowest BCUT2D eigenvalue weighted by atomic mass is 10.1. The fourth-order valence-electron chi connectivity index (χ4n) is 3.43. The minimum absolute atomic E-state index is 0.0429. The molecule has 7 heteroatoms. The average Bonchev–Trinajstić information content (AvgIpc) is 2.77. The van der Waals surface area contributed by atoms with Crippen molar-refractivity contribution in [2.45, 2.75) is 6.54 Å². The van der Waals surface area contributed by atoms with Crippen LogP contribution in [0.5, 0.6) is 17.2 Å². The summed E-state index contributed by atoms with van der Waals surface area (Å²) in [4.78, 5) is 16.9. The molecule has 1 fully saturated rings. The molecule has 3 rings (SSSR count). The van der Waals surface area contributed by atoms with Gasteiger partial charge in [0.2, 0.25) is 0 Å². The molecule has 0 aliphatic carbocycles. The van der Waals surface area contributed by atoms with E-state index in [1.807, 2.05) is 11.0 Å². The third-order valence-corrected chi connectivity index (χ3v) is 5.05. The van der Waals surface area contributed by atoms with Crippen molar-refractivity contribution >= 4 is 5.91 Å². The Morgan fingerprint density at radius 3 is 2.37 bits per heavy atom. The van der Waals surface area contributed by atoms with Crippen molar-refractivity contribution < 1.29 is 23.4 Å². The first kappa shape index (κ1) is 21.6. The molecule has 2 aromatic rings. The van der Waals surface area contributed by atoms with E-state index >= 15 is 0 Å². The minimum Gasteiger partial charge on any atom is -0.494 e. The van der Waals surface area contributed by atoms with Gasteiger partial charge in [0.15, 0.2) is 23.1 Å². The number of carbonyl (C=O) groups is 1.